The molecule has 0 aliphatic heterocycles. The molecule has 0 radical (unpaired) electrons. The highest BCUT2D eigenvalue weighted by atomic mass is 16.1. The molecule has 2 rings (SSSR count). The van der Waals surface area contributed by atoms with Crippen LogP contribution in [0.1, 0.15) is 23.2 Å². The molecular weight excluding hydrogens is 238 g/mol. The highest BCUT2D eigenvalue weighted by Gasteiger charge is 2.07. The van der Waals surface area contributed by atoms with E-state index in [-0.39, 0.29) is 5.91 Å². The van der Waals surface area contributed by atoms with Crippen molar-refractivity contribution in [2.75, 3.05) is 5.32 Å². The summed E-state index contributed by atoms with van der Waals surface area (Å²) < 4.78 is 1.79. The van der Waals surface area contributed by atoms with Gasteiger partial charge in [0.25, 0.3) is 0 Å². The first kappa shape index (κ1) is 13.3. The highest BCUT2D eigenvalue weighted by molar-refractivity contribution is 5.92. The lowest BCUT2D eigenvalue weighted by Crippen LogP contribution is -2.16. The van der Waals surface area contributed by atoms with Crippen LogP contribution in [0.5, 0.6) is 0 Å². The average molecular weight is 257 g/mol. The lowest BCUT2D eigenvalue weighted by molar-refractivity contribution is -0.116. The van der Waals surface area contributed by atoms with Crippen molar-refractivity contribution < 1.29 is 4.79 Å². The third-order valence-electron chi connectivity index (χ3n) is 3.09. The molecule has 100 valence electrons. The molecule has 0 aliphatic rings. The predicted octanol–water partition coefficient (Wildman–Crippen LogP) is 2.84. The molecule has 0 bridgehead atoms. The molecule has 0 saturated heterocycles. The summed E-state index contributed by atoms with van der Waals surface area (Å²) in [7, 11) is 0. The number of amides is 1. The van der Waals surface area contributed by atoms with Crippen LogP contribution in [0, 0.1) is 20.8 Å². The van der Waals surface area contributed by atoms with E-state index < -0.39 is 0 Å². The van der Waals surface area contributed by atoms with Crippen molar-refractivity contribution in [3.8, 4) is 0 Å². The molecule has 1 N–H and O–H groups in total. The van der Waals surface area contributed by atoms with Crippen molar-refractivity contribution in [2.45, 2.75) is 33.7 Å². The summed E-state index contributed by atoms with van der Waals surface area (Å²) in [6.45, 7) is 6.54. The molecule has 0 fully saturated rings. The number of hydrogen-bond acceptors (Lipinski definition) is 2. The first-order valence-corrected chi connectivity index (χ1v) is 6.42. The third kappa shape index (κ3) is 3.44. The van der Waals surface area contributed by atoms with Gasteiger partial charge in [0, 0.05) is 24.8 Å². The van der Waals surface area contributed by atoms with Gasteiger partial charge in [-0.3, -0.25) is 9.48 Å². The maximum absolute atomic E-state index is 11.9. The third-order valence-corrected chi connectivity index (χ3v) is 3.09. The molecule has 19 heavy (non-hydrogen) atoms. The number of carbonyl (C=O) groups is 1. The molecule has 2 aromatic rings. The van der Waals surface area contributed by atoms with E-state index >= 15 is 0 Å². The van der Waals surface area contributed by atoms with Gasteiger partial charge in [-0.15, -0.1) is 0 Å². The van der Waals surface area contributed by atoms with Crippen molar-refractivity contribution in [3.05, 3.63) is 47.3 Å². The van der Waals surface area contributed by atoms with Crippen LogP contribution in [-0.2, 0) is 11.3 Å². The van der Waals surface area contributed by atoms with E-state index in [1.54, 1.807) is 4.68 Å². The zero-order valence-corrected chi connectivity index (χ0v) is 11.6. The lowest BCUT2D eigenvalue weighted by atomic mass is 10.1. The highest BCUT2D eigenvalue weighted by Crippen LogP contribution is 2.19. The van der Waals surface area contributed by atoms with Crippen molar-refractivity contribution in [1.82, 2.24) is 9.78 Å². The molecule has 4 nitrogen and oxygen atoms in total. The minimum atomic E-state index is 0.0190. The Morgan fingerprint density at radius 2 is 1.89 bits per heavy atom. The van der Waals surface area contributed by atoms with Gasteiger partial charge in [0.1, 0.15) is 0 Å². The number of nitrogens with one attached hydrogen (secondary N) is 1. The van der Waals surface area contributed by atoms with Gasteiger partial charge in [0.15, 0.2) is 0 Å². The quantitative estimate of drug-likeness (QED) is 0.915. The summed E-state index contributed by atoms with van der Waals surface area (Å²) in [6.07, 6.45) is 2.32. The fourth-order valence-electron chi connectivity index (χ4n) is 2.02. The van der Waals surface area contributed by atoms with Crippen LogP contribution >= 0.6 is 0 Å². The Morgan fingerprint density at radius 1 is 1.21 bits per heavy atom. The van der Waals surface area contributed by atoms with Gasteiger partial charge in [-0.2, -0.15) is 5.10 Å². The molecule has 1 heterocycles. The van der Waals surface area contributed by atoms with E-state index in [1.807, 2.05) is 51.2 Å². The maximum Gasteiger partial charge on any atom is 0.226 e. The molecule has 0 unspecified atom stereocenters. The van der Waals surface area contributed by atoms with E-state index in [2.05, 4.69) is 10.4 Å². The monoisotopic (exact) mass is 257 g/mol. The topological polar surface area (TPSA) is 46.9 Å². The van der Waals surface area contributed by atoms with E-state index in [0.717, 1.165) is 22.5 Å². The number of para-hydroxylation sites is 1. The summed E-state index contributed by atoms with van der Waals surface area (Å²) in [4.78, 5) is 11.9. The minimum absolute atomic E-state index is 0.0190. The smallest absolute Gasteiger partial charge is 0.226 e. The Hall–Kier alpha value is -2.10. The molecule has 0 spiro atoms. The van der Waals surface area contributed by atoms with Crippen LogP contribution in [0.2, 0.25) is 0 Å². The van der Waals surface area contributed by atoms with Gasteiger partial charge < -0.3 is 5.32 Å². The SMILES string of the molecule is Cc1ccn(CCC(=O)Nc2c(C)cccc2C)n1. The van der Waals surface area contributed by atoms with Crippen LogP contribution < -0.4 is 5.32 Å². The largest absolute Gasteiger partial charge is 0.326 e. The van der Waals surface area contributed by atoms with Crippen molar-refractivity contribution >= 4 is 11.6 Å². The van der Waals surface area contributed by atoms with Crippen LogP contribution in [0.3, 0.4) is 0 Å². The number of rotatable bonds is 4. The first-order valence-electron chi connectivity index (χ1n) is 6.42. The number of carbonyl (C=O) groups excluding carboxylic acids is 1. The van der Waals surface area contributed by atoms with Gasteiger partial charge in [-0.05, 0) is 38.0 Å². The second-order valence-electron chi connectivity index (χ2n) is 4.79. The van der Waals surface area contributed by atoms with Crippen LogP contribution in [0.25, 0.3) is 0 Å². The van der Waals surface area contributed by atoms with E-state index in [1.165, 1.54) is 0 Å². The zero-order valence-electron chi connectivity index (χ0n) is 11.6. The van der Waals surface area contributed by atoms with Gasteiger partial charge in [-0.25, -0.2) is 0 Å². The Balaban J connectivity index is 1.94. The van der Waals surface area contributed by atoms with Crippen LogP contribution in [-0.4, -0.2) is 15.7 Å². The van der Waals surface area contributed by atoms with E-state index in [9.17, 15) is 4.79 Å². The number of aryl methyl sites for hydroxylation is 4. The fraction of sp³-hybridized carbons (Fsp3) is 0.333. The normalized spacial score (nSPS) is 10.5. The van der Waals surface area contributed by atoms with E-state index in [0.29, 0.717) is 13.0 Å². The Labute approximate surface area is 113 Å². The van der Waals surface area contributed by atoms with Gasteiger partial charge in [0.2, 0.25) is 5.91 Å². The van der Waals surface area contributed by atoms with Gasteiger partial charge >= 0.3 is 0 Å². The molecule has 0 atom stereocenters. The van der Waals surface area contributed by atoms with Gasteiger partial charge in [-0.1, -0.05) is 18.2 Å². The number of anilines is 1. The molecule has 0 aliphatic carbocycles. The summed E-state index contributed by atoms with van der Waals surface area (Å²) in [5, 5.41) is 7.24. The molecule has 1 aromatic carbocycles. The second kappa shape index (κ2) is 5.69. The Bertz CT molecular complexity index is 567. The summed E-state index contributed by atoms with van der Waals surface area (Å²) in [6, 6.07) is 7.93. The molecule has 1 amide bonds. The number of nitrogens with zero attached hydrogens (tertiary/aromatic N) is 2. The number of hydrogen-bond donors (Lipinski definition) is 1. The minimum Gasteiger partial charge on any atom is -0.326 e. The average Bonchev–Trinajstić information content (AvgIpc) is 2.77. The van der Waals surface area contributed by atoms with Gasteiger partial charge in [0.05, 0.1) is 5.69 Å². The number of aromatic nitrogens is 2. The molecular formula is C15H19N3O. The second-order valence-corrected chi connectivity index (χ2v) is 4.79. The molecule has 4 heteroatoms. The predicted molar refractivity (Wildman–Crippen MR) is 76.1 cm³/mol. The zero-order chi connectivity index (χ0) is 13.8. The van der Waals surface area contributed by atoms with Crippen molar-refractivity contribution in [3.63, 3.8) is 0 Å². The van der Waals surface area contributed by atoms with Crippen LogP contribution in [0.15, 0.2) is 30.5 Å². The lowest BCUT2D eigenvalue weighted by Gasteiger charge is -2.11. The fourth-order valence-corrected chi connectivity index (χ4v) is 2.02. The maximum atomic E-state index is 11.9. The van der Waals surface area contributed by atoms with Crippen molar-refractivity contribution in [1.29, 1.82) is 0 Å². The molecule has 1 aromatic heterocycles. The van der Waals surface area contributed by atoms with Crippen LogP contribution in [0.4, 0.5) is 5.69 Å². The standard InChI is InChI=1S/C15H19N3O/c1-11-5-4-6-12(2)15(11)16-14(19)8-10-18-9-7-13(3)17-18/h4-7,9H,8,10H2,1-3H3,(H,16,19). The summed E-state index contributed by atoms with van der Waals surface area (Å²) in [5.41, 5.74) is 4.06. The number of benzene rings is 1. The Kier molecular flexibility index (Phi) is 4.00. The van der Waals surface area contributed by atoms with Crippen molar-refractivity contribution in [2.24, 2.45) is 0 Å². The summed E-state index contributed by atoms with van der Waals surface area (Å²) >= 11 is 0. The first-order chi connectivity index (χ1) is 9.06. The Morgan fingerprint density at radius 3 is 2.47 bits per heavy atom. The van der Waals surface area contributed by atoms with E-state index in [4.69, 9.17) is 0 Å². The molecule has 0 saturated carbocycles. The summed E-state index contributed by atoms with van der Waals surface area (Å²) in [5.74, 6) is 0.0190.